The summed E-state index contributed by atoms with van der Waals surface area (Å²) in [6.07, 6.45) is -0.0327. The monoisotopic (exact) mass is 551 g/mol. The molecule has 0 bridgehead atoms. The zero-order chi connectivity index (χ0) is 28.5. The fourth-order valence-electron chi connectivity index (χ4n) is 4.49. The van der Waals surface area contributed by atoms with Crippen LogP contribution < -0.4 is 19.3 Å². The van der Waals surface area contributed by atoms with Gasteiger partial charge in [-0.1, -0.05) is 6.07 Å². The summed E-state index contributed by atoms with van der Waals surface area (Å²) in [7, 11) is 3.77. The van der Waals surface area contributed by atoms with Crippen LogP contribution in [0.25, 0.3) is 0 Å². The lowest BCUT2D eigenvalue weighted by molar-refractivity contribution is 0.0144. The number of aromatic nitrogens is 1. The third-order valence-corrected chi connectivity index (χ3v) is 6.34. The van der Waals surface area contributed by atoms with Crippen molar-refractivity contribution in [2.45, 2.75) is 32.4 Å². The summed E-state index contributed by atoms with van der Waals surface area (Å²) < 4.78 is 89.1. The van der Waals surface area contributed by atoms with Gasteiger partial charge in [0.05, 0.1) is 38.6 Å². The van der Waals surface area contributed by atoms with Crippen LogP contribution in [-0.4, -0.2) is 38.9 Å². The van der Waals surface area contributed by atoms with Gasteiger partial charge in [0, 0.05) is 31.7 Å². The fourth-order valence-corrected chi connectivity index (χ4v) is 4.49. The number of rotatable bonds is 8. The van der Waals surface area contributed by atoms with E-state index in [2.05, 4.69) is 4.98 Å². The largest absolute Gasteiger partial charge is 0.481 e. The van der Waals surface area contributed by atoms with E-state index in [1.165, 1.54) is 32.4 Å². The van der Waals surface area contributed by atoms with Crippen LogP contribution >= 0.6 is 0 Å². The third-order valence-electron chi connectivity index (χ3n) is 6.34. The number of fused-ring (bicyclic) bond motifs is 1. The van der Waals surface area contributed by atoms with Crippen molar-refractivity contribution in [3.63, 3.8) is 0 Å². The Morgan fingerprint density at radius 3 is 2.21 bits per heavy atom. The van der Waals surface area contributed by atoms with Crippen LogP contribution in [0.5, 0.6) is 11.8 Å². The summed E-state index contributed by atoms with van der Waals surface area (Å²) in [6.45, 7) is -0.171. The van der Waals surface area contributed by atoms with Crippen molar-refractivity contribution in [1.29, 1.82) is 0 Å². The first-order valence-corrected chi connectivity index (χ1v) is 11.8. The van der Waals surface area contributed by atoms with E-state index >= 15 is 8.78 Å². The number of hydrogen-bond acceptors (Lipinski definition) is 5. The van der Waals surface area contributed by atoms with Crippen molar-refractivity contribution >= 4 is 17.4 Å². The number of amides is 2. The number of methoxy groups -OCH3 is 3. The summed E-state index contributed by atoms with van der Waals surface area (Å²) in [5.41, 5.74) is -0.752. The molecule has 0 aliphatic carbocycles. The van der Waals surface area contributed by atoms with E-state index in [-0.39, 0.29) is 48.0 Å². The molecule has 0 unspecified atom stereocenters. The smallest absolute Gasteiger partial charge is 0.329 e. The molecule has 7 nitrogen and oxygen atoms in total. The number of urea groups is 1. The van der Waals surface area contributed by atoms with E-state index in [1.807, 2.05) is 0 Å². The number of alkyl halides is 2. The second-order valence-corrected chi connectivity index (χ2v) is 8.94. The molecule has 0 saturated heterocycles. The second-order valence-electron chi connectivity index (χ2n) is 8.94. The van der Waals surface area contributed by atoms with E-state index < -0.39 is 53.0 Å². The highest BCUT2D eigenvalue weighted by Crippen LogP contribution is 2.41. The minimum absolute atomic E-state index is 0.0327. The quantitative estimate of drug-likeness (QED) is 0.323. The van der Waals surface area contributed by atoms with Crippen LogP contribution in [0.1, 0.15) is 29.2 Å². The molecule has 0 atom stereocenters. The SMILES string of the molecule is COCc1cc(F)c(CN2C(=O)N(c3cc(C(C)(F)F)c(OC)nc3OC)CCc3c(F)cccc32)c(F)c1. The maximum absolute atomic E-state index is 15.0. The number of ether oxygens (including phenoxy) is 3. The molecule has 3 aromatic rings. The molecule has 0 fully saturated rings. The number of benzene rings is 2. The first kappa shape index (κ1) is 28.1. The van der Waals surface area contributed by atoms with Crippen molar-refractivity contribution in [2.75, 3.05) is 37.7 Å². The van der Waals surface area contributed by atoms with Gasteiger partial charge in [0.1, 0.15) is 23.1 Å². The van der Waals surface area contributed by atoms with E-state index in [0.29, 0.717) is 6.92 Å². The molecule has 0 radical (unpaired) electrons. The molecule has 1 aromatic heterocycles. The topological polar surface area (TPSA) is 64.1 Å². The van der Waals surface area contributed by atoms with Crippen molar-refractivity contribution in [1.82, 2.24) is 4.98 Å². The van der Waals surface area contributed by atoms with Gasteiger partial charge in [0.15, 0.2) is 0 Å². The Balaban J connectivity index is 1.86. The van der Waals surface area contributed by atoms with Gasteiger partial charge < -0.3 is 14.2 Å². The Morgan fingerprint density at radius 1 is 0.949 bits per heavy atom. The molecular weight excluding hydrogens is 525 g/mol. The lowest BCUT2D eigenvalue weighted by Crippen LogP contribution is -2.43. The van der Waals surface area contributed by atoms with Crippen LogP contribution in [0.2, 0.25) is 0 Å². The average molecular weight is 552 g/mol. The molecule has 0 spiro atoms. The Bertz CT molecular complexity index is 1370. The normalized spacial score (nSPS) is 13.8. The molecule has 2 aromatic carbocycles. The van der Waals surface area contributed by atoms with Crippen molar-refractivity contribution < 1.29 is 41.0 Å². The number of nitrogens with zero attached hydrogens (tertiary/aromatic N) is 3. The molecule has 4 rings (SSSR count). The van der Waals surface area contributed by atoms with Crippen molar-refractivity contribution in [3.8, 4) is 11.8 Å². The Labute approximate surface area is 221 Å². The third kappa shape index (κ3) is 5.47. The number of pyridine rings is 1. The number of carbonyl (C=O) groups excluding carboxylic acids is 1. The van der Waals surface area contributed by atoms with Gasteiger partial charge >= 0.3 is 6.03 Å². The van der Waals surface area contributed by atoms with Crippen molar-refractivity contribution in [2.24, 2.45) is 0 Å². The summed E-state index contributed by atoms with van der Waals surface area (Å²) in [4.78, 5) is 20.0. The van der Waals surface area contributed by atoms with Gasteiger partial charge in [0.25, 0.3) is 5.92 Å². The van der Waals surface area contributed by atoms with E-state index in [1.54, 1.807) is 0 Å². The Morgan fingerprint density at radius 2 is 1.62 bits per heavy atom. The summed E-state index contributed by atoms with van der Waals surface area (Å²) >= 11 is 0. The van der Waals surface area contributed by atoms with Crippen LogP contribution in [0, 0.1) is 17.5 Å². The first-order valence-electron chi connectivity index (χ1n) is 11.8. The number of anilines is 2. The van der Waals surface area contributed by atoms with Crippen LogP contribution in [0.15, 0.2) is 36.4 Å². The summed E-state index contributed by atoms with van der Waals surface area (Å²) in [6, 6.07) is 6.33. The lowest BCUT2D eigenvalue weighted by Gasteiger charge is -2.30. The average Bonchev–Trinajstić information content (AvgIpc) is 3.02. The maximum atomic E-state index is 15.0. The number of carbonyl (C=O) groups is 1. The van der Waals surface area contributed by atoms with Gasteiger partial charge in [-0.3, -0.25) is 9.80 Å². The minimum atomic E-state index is -3.40. The molecule has 0 saturated carbocycles. The highest BCUT2D eigenvalue weighted by molar-refractivity contribution is 6.05. The first-order chi connectivity index (χ1) is 18.5. The molecule has 2 heterocycles. The molecule has 1 aliphatic rings. The minimum Gasteiger partial charge on any atom is -0.481 e. The molecular formula is C27H26F5N3O4. The molecule has 1 aliphatic heterocycles. The summed E-state index contributed by atoms with van der Waals surface area (Å²) in [5, 5.41) is 0. The highest BCUT2D eigenvalue weighted by Gasteiger charge is 2.37. The van der Waals surface area contributed by atoms with Crippen LogP contribution in [-0.2, 0) is 30.2 Å². The lowest BCUT2D eigenvalue weighted by atomic mass is 10.1. The van der Waals surface area contributed by atoms with E-state index in [4.69, 9.17) is 14.2 Å². The van der Waals surface area contributed by atoms with Gasteiger partial charge in [-0.25, -0.2) is 26.7 Å². The Kier molecular flexibility index (Phi) is 7.96. The second kappa shape index (κ2) is 11.0. The predicted molar refractivity (Wildman–Crippen MR) is 133 cm³/mol. The molecule has 208 valence electrons. The van der Waals surface area contributed by atoms with Crippen LogP contribution in [0.3, 0.4) is 0 Å². The van der Waals surface area contributed by atoms with E-state index in [0.717, 1.165) is 35.1 Å². The maximum Gasteiger partial charge on any atom is 0.329 e. The summed E-state index contributed by atoms with van der Waals surface area (Å²) in [5.74, 6) is -6.51. The standard InChI is InChI=1S/C27H26F5N3O4/c1-27(31,32)18-12-23(25(39-4)33-24(18)38-3)34-9-8-16-19(28)6-5-7-22(16)35(26(34)36)13-17-20(29)10-15(14-37-2)11-21(17)30/h5-7,10-12H,8-9,13-14H2,1-4H3. The fraction of sp³-hybridized carbons (Fsp3) is 0.333. The van der Waals surface area contributed by atoms with Gasteiger partial charge in [-0.05, 0) is 42.3 Å². The van der Waals surface area contributed by atoms with Gasteiger partial charge in [-0.15, -0.1) is 0 Å². The van der Waals surface area contributed by atoms with Crippen LogP contribution in [0.4, 0.5) is 38.1 Å². The zero-order valence-corrected chi connectivity index (χ0v) is 21.7. The molecule has 12 heteroatoms. The predicted octanol–water partition coefficient (Wildman–Crippen LogP) is 5.96. The Hall–Kier alpha value is -3.93. The molecule has 39 heavy (non-hydrogen) atoms. The van der Waals surface area contributed by atoms with E-state index in [9.17, 15) is 18.0 Å². The van der Waals surface area contributed by atoms with Gasteiger partial charge in [-0.2, -0.15) is 4.98 Å². The molecule has 2 amide bonds. The number of hydrogen-bond donors (Lipinski definition) is 0. The van der Waals surface area contributed by atoms with Gasteiger partial charge in [0.2, 0.25) is 11.8 Å². The zero-order valence-electron chi connectivity index (χ0n) is 21.7. The highest BCUT2D eigenvalue weighted by atomic mass is 19.3. The molecule has 0 N–H and O–H groups in total. The number of halogens is 5. The van der Waals surface area contributed by atoms with Crippen molar-refractivity contribution in [3.05, 3.63) is 76.1 Å².